The van der Waals surface area contributed by atoms with Crippen LogP contribution in [0.4, 0.5) is 0 Å². The van der Waals surface area contributed by atoms with Crippen molar-refractivity contribution >= 4 is 6.72 Å². The molecule has 62 heavy (non-hydrogen) atoms. The first-order valence-electron chi connectivity index (χ1n) is 21.5. The van der Waals surface area contributed by atoms with Crippen molar-refractivity contribution in [3.05, 3.63) is 239 Å². The maximum atomic E-state index is 6.91. The fraction of sp³-hybridized carbons (Fsp3) is 0.140. The van der Waals surface area contributed by atoms with E-state index in [-0.39, 0.29) is 0 Å². The van der Waals surface area contributed by atoms with Gasteiger partial charge in [-0.25, -0.2) is 0 Å². The second kappa shape index (κ2) is 22.0. The summed E-state index contributed by atoms with van der Waals surface area (Å²) in [5.41, 5.74) is 23.1. The molecule has 8 aromatic carbocycles. The lowest BCUT2D eigenvalue weighted by atomic mass is 9.68. The minimum Gasteiger partial charge on any atom is -0.449 e. The average molecular weight is 816 g/mol. The van der Waals surface area contributed by atoms with E-state index in [0.29, 0.717) is 6.54 Å². The van der Waals surface area contributed by atoms with Crippen LogP contribution in [0.15, 0.2) is 200 Å². The van der Waals surface area contributed by atoms with Crippen LogP contribution in [0.5, 0.6) is 23.0 Å². The monoisotopic (exact) mass is 815 g/mol. The van der Waals surface area contributed by atoms with E-state index < -0.39 is 5.41 Å². The first-order valence-corrected chi connectivity index (χ1v) is 21.5. The smallest absolute Gasteiger partial charge is 0.178 e. The Hall–Kier alpha value is -7.05. The van der Waals surface area contributed by atoms with Crippen molar-refractivity contribution in [3.63, 3.8) is 0 Å². The van der Waals surface area contributed by atoms with Crippen LogP contribution in [0.1, 0.15) is 66.1 Å². The van der Waals surface area contributed by atoms with E-state index in [4.69, 9.17) is 26.4 Å². The van der Waals surface area contributed by atoms with Crippen molar-refractivity contribution in [3.8, 4) is 45.3 Å². The molecule has 8 aromatic rings. The molecule has 0 amide bonds. The second-order valence-corrected chi connectivity index (χ2v) is 14.5. The lowest BCUT2D eigenvalue weighted by Gasteiger charge is -2.34. The average Bonchev–Trinajstić information content (AvgIpc) is 3.67. The molecule has 0 bridgehead atoms. The van der Waals surface area contributed by atoms with E-state index in [1.54, 1.807) is 0 Å². The van der Waals surface area contributed by atoms with Crippen molar-refractivity contribution in [1.82, 2.24) is 0 Å². The van der Waals surface area contributed by atoms with Gasteiger partial charge < -0.3 is 26.4 Å². The van der Waals surface area contributed by atoms with Crippen molar-refractivity contribution in [1.29, 1.82) is 5.41 Å². The Bertz CT molecular complexity index is 2570. The topological polar surface area (TPSA) is 94.4 Å². The summed E-state index contributed by atoms with van der Waals surface area (Å²) >= 11 is 0. The molecule has 0 unspecified atom stereocenters. The second-order valence-electron chi connectivity index (χ2n) is 14.5. The van der Waals surface area contributed by atoms with Gasteiger partial charge in [0.15, 0.2) is 23.0 Å². The summed E-state index contributed by atoms with van der Waals surface area (Å²) in [5.74, 6) is 2.98. The van der Waals surface area contributed by atoms with Gasteiger partial charge in [0.1, 0.15) is 0 Å². The maximum absolute atomic E-state index is 6.91. The van der Waals surface area contributed by atoms with Crippen molar-refractivity contribution in [2.75, 3.05) is 6.54 Å². The zero-order chi connectivity index (χ0) is 43.7. The molecule has 312 valence electrons. The molecule has 1 heterocycles. The maximum Gasteiger partial charge on any atom is 0.178 e. The van der Waals surface area contributed by atoms with Gasteiger partial charge in [0.2, 0.25) is 0 Å². The Kier molecular flexibility index (Phi) is 15.8. The molecule has 0 saturated carbocycles. The van der Waals surface area contributed by atoms with E-state index in [1.807, 2.05) is 50.2 Å². The quantitative estimate of drug-likeness (QED) is 0.140. The molecule has 0 fully saturated rings. The number of nitrogens with one attached hydrogen (secondary N) is 1. The van der Waals surface area contributed by atoms with Gasteiger partial charge in [0.05, 0.1) is 5.41 Å². The van der Waals surface area contributed by atoms with E-state index in [1.165, 1.54) is 55.6 Å². The van der Waals surface area contributed by atoms with Gasteiger partial charge in [-0.3, -0.25) is 0 Å². The van der Waals surface area contributed by atoms with Crippen molar-refractivity contribution < 1.29 is 9.47 Å². The van der Waals surface area contributed by atoms with Gasteiger partial charge in [-0.1, -0.05) is 203 Å². The number of hydrogen-bond donors (Lipinski definition) is 3. The summed E-state index contributed by atoms with van der Waals surface area (Å²) in [6.07, 6.45) is 1.88. The molecule has 1 aliphatic carbocycles. The molecule has 1 aliphatic heterocycles. The first kappa shape index (κ1) is 44.5. The molecule has 0 atom stereocenters. The molecule has 2 aliphatic rings. The molecule has 5 nitrogen and oxygen atoms in total. The molecule has 0 radical (unpaired) electrons. The van der Waals surface area contributed by atoms with Crippen LogP contribution in [0.25, 0.3) is 22.3 Å². The molecule has 0 saturated heterocycles. The van der Waals surface area contributed by atoms with Gasteiger partial charge >= 0.3 is 0 Å². The number of rotatable bonds is 7. The lowest BCUT2D eigenvalue weighted by molar-refractivity contribution is 0.360. The highest BCUT2D eigenvalue weighted by atomic mass is 16.6. The van der Waals surface area contributed by atoms with E-state index in [2.05, 4.69) is 177 Å². The highest BCUT2D eigenvalue weighted by Crippen LogP contribution is 2.62. The van der Waals surface area contributed by atoms with Crippen molar-refractivity contribution in [2.24, 2.45) is 11.5 Å². The fourth-order valence-corrected chi connectivity index (χ4v) is 8.13. The minimum absolute atomic E-state index is 0.490. The predicted molar refractivity (Wildman–Crippen MR) is 260 cm³/mol. The Morgan fingerprint density at radius 2 is 1.02 bits per heavy atom. The van der Waals surface area contributed by atoms with Crippen molar-refractivity contribution in [2.45, 2.75) is 45.6 Å². The van der Waals surface area contributed by atoms with Crippen LogP contribution in [-0.4, -0.2) is 13.3 Å². The van der Waals surface area contributed by atoms with Crippen LogP contribution >= 0.6 is 0 Å². The number of nitrogens with two attached hydrogens (primary N) is 2. The lowest BCUT2D eigenvalue weighted by Crippen LogP contribution is -2.28. The van der Waals surface area contributed by atoms with Gasteiger partial charge in [0.25, 0.3) is 0 Å². The molecular weight excluding hydrogens is 759 g/mol. The Labute approximate surface area is 368 Å². The SMILES string of the molecule is C=N.CC.CCCN.NCc1ccccc1.c1ccc(-c2ccccc2Cc2ccc3c(c2)Oc2c(ccc4c2-c2ccccc2C4(c2ccccc2)c2ccccc2)O3)cc1. The van der Waals surface area contributed by atoms with Crippen LogP contribution < -0.4 is 20.9 Å². The van der Waals surface area contributed by atoms with E-state index >= 15 is 0 Å². The van der Waals surface area contributed by atoms with E-state index in [9.17, 15) is 0 Å². The van der Waals surface area contributed by atoms with Gasteiger partial charge in [0, 0.05) is 12.1 Å². The third-order valence-electron chi connectivity index (χ3n) is 10.8. The largest absolute Gasteiger partial charge is 0.449 e. The summed E-state index contributed by atoms with van der Waals surface area (Å²) in [7, 11) is 0. The fourth-order valence-electron chi connectivity index (χ4n) is 8.13. The summed E-state index contributed by atoms with van der Waals surface area (Å²) in [5, 5.41) is 5.50. The summed E-state index contributed by atoms with van der Waals surface area (Å²) < 4.78 is 13.5. The van der Waals surface area contributed by atoms with Gasteiger partial charge in [-0.05, 0) is 99.9 Å². The van der Waals surface area contributed by atoms with Crippen LogP contribution in [-0.2, 0) is 18.4 Å². The van der Waals surface area contributed by atoms with Gasteiger partial charge in [-0.2, -0.15) is 0 Å². The summed E-state index contributed by atoms with van der Waals surface area (Å²) in [6.45, 7) is 10.0. The Balaban J connectivity index is 0.000000345. The molecule has 10 rings (SSSR count). The molecule has 0 aromatic heterocycles. The summed E-state index contributed by atoms with van der Waals surface area (Å²) in [4.78, 5) is 0. The normalized spacial score (nSPS) is 11.8. The van der Waals surface area contributed by atoms with Gasteiger partial charge in [-0.15, -0.1) is 0 Å². The zero-order valence-corrected chi connectivity index (χ0v) is 36.1. The molecular formula is C57H57N3O2. The Morgan fingerprint density at radius 3 is 1.60 bits per heavy atom. The third kappa shape index (κ3) is 9.30. The highest BCUT2D eigenvalue weighted by molar-refractivity contribution is 5.92. The minimum atomic E-state index is -0.490. The van der Waals surface area contributed by atoms with Crippen LogP contribution in [0.3, 0.4) is 0 Å². The predicted octanol–water partition coefficient (Wildman–Crippen LogP) is 14.0. The highest BCUT2D eigenvalue weighted by Gasteiger charge is 2.48. The van der Waals surface area contributed by atoms with Crippen LogP contribution in [0, 0.1) is 5.41 Å². The molecule has 5 N–H and O–H groups in total. The molecule has 0 spiro atoms. The Morgan fingerprint density at radius 1 is 0.500 bits per heavy atom. The van der Waals surface area contributed by atoms with Crippen LogP contribution in [0.2, 0.25) is 0 Å². The number of hydrogen-bond acceptors (Lipinski definition) is 5. The number of fused-ring (bicyclic) bond motifs is 6. The number of ether oxygens (including phenoxy) is 2. The first-order chi connectivity index (χ1) is 30.6. The zero-order valence-electron chi connectivity index (χ0n) is 36.1. The summed E-state index contributed by atoms with van der Waals surface area (Å²) in [6, 6.07) is 70.2. The number of benzene rings is 8. The third-order valence-corrected chi connectivity index (χ3v) is 10.8. The standard InChI is InChI=1S/C44H30O2.C7H9N.C3H9N.C2H6.CH3N/c1-4-14-31(15-5-1)35-21-11-10-16-32(35)28-30-24-26-39-41(29-30)46-43-40(45-39)27-25-38-42(43)36-22-12-13-23-37(36)44(38,33-17-6-2-7-18-33)34-19-8-3-9-20-34;8-6-7-4-2-1-3-5-7;1-2-3-4;2*1-2/h1-27,29H,28H2;1-5H,6,8H2;2-4H2,1H3;1-2H3;2H,1H2. The molecule has 5 heteroatoms. The van der Waals surface area contributed by atoms with E-state index in [0.717, 1.165) is 47.9 Å².